The Morgan fingerprint density at radius 2 is 2.31 bits per heavy atom. The predicted molar refractivity (Wildman–Crippen MR) is 46.2 cm³/mol. The second-order valence-corrected chi connectivity index (χ2v) is 3.24. The first-order chi connectivity index (χ1) is 6.20. The second-order valence-electron chi connectivity index (χ2n) is 3.24. The molecule has 13 heavy (non-hydrogen) atoms. The minimum absolute atomic E-state index is 0.284. The molecule has 0 saturated heterocycles. The Morgan fingerprint density at radius 1 is 1.54 bits per heavy atom. The molecular formula is C10H11FO2. The van der Waals surface area contributed by atoms with E-state index in [0.29, 0.717) is 29.9 Å². The lowest BCUT2D eigenvalue weighted by Crippen LogP contribution is -2.15. The molecule has 1 aromatic rings. The first-order valence-electron chi connectivity index (χ1n) is 4.30. The Hall–Kier alpha value is -1.09. The zero-order valence-corrected chi connectivity index (χ0v) is 7.38. The molecule has 1 heterocycles. The van der Waals surface area contributed by atoms with Crippen LogP contribution in [0.4, 0.5) is 4.39 Å². The van der Waals surface area contributed by atoms with Crippen molar-refractivity contribution < 1.29 is 14.2 Å². The Kier molecular flexibility index (Phi) is 1.96. The minimum Gasteiger partial charge on any atom is -0.493 e. The van der Waals surface area contributed by atoms with Gasteiger partial charge in [0, 0.05) is 17.5 Å². The van der Waals surface area contributed by atoms with Crippen LogP contribution in [-0.4, -0.2) is 11.7 Å². The lowest BCUT2D eigenvalue weighted by atomic mass is 10.0. The average Bonchev–Trinajstić information content (AvgIpc) is 2.12. The molecule has 1 N–H and O–H groups in total. The quantitative estimate of drug-likeness (QED) is 0.664. The van der Waals surface area contributed by atoms with Gasteiger partial charge in [0.05, 0.1) is 12.7 Å². The number of aliphatic hydroxyl groups excluding tert-OH is 1. The first-order valence-corrected chi connectivity index (χ1v) is 4.30. The largest absolute Gasteiger partial charge is 0.493 e. The lowest BCUT2D eigenvalue weighted by molar-refractivity contribution is 0.114. The van der Waals surface area contributed by atoms with E-state index < -0.39 is 6.10 Å². The van der Waals surface area contributed by atoms with E-state index in [1.54, 1.807) is 13.0 Å². The van der Waals surface area contributed by atoms with Gasteiger partial charge in [-0.1, -0.05) is 0 Å². The standard InChI is InChI=1S/C10H11FO2/c1-6-8(11)3-2-7-9(12)4-5-13-10(6)7/h2-3,9,12H,4-5H2,1H3/t9-/m0/s1. The van der Waals surface area contributed by atoms with Crippen molar-refractivity contribution in [2.45, 2.75) is 19.4 Å². The van der Waals surface area contributed by atoms with Crippen LogP contribution in [-0.2, 0) is 0 Å². The van der Waals surface area contributed by atoms with Crippen molar-refractivity contribution in [2.24, 2.45) is 0 Å². The molecule has 1 atom stereocenters. The highest BCUT2D eigenvalue weighted by Crippen LogP contribution is 2.35. The van der Waals surface area contributed by atoms with E-state index >= 15 is 0 Å². The van der Waals surface area contributed by atoms with Crippen LogP contribution < -0.4 is 4.74 Å². The van der Waals surface area contributed by atoms with Crippen LogP contribution in [0.15, 0.2) is 12.1 Å². The van der Waals surface area contributed by atoms with Crippen LogP contribution in [0.25, 0.3) is 0 Å². The Morgan fingerprint density at radius 3 is 3.08 bits per heavy atom. The van der Waals surface area contributed by atoms with Gasteiger partial charge >= 0.3 is 0 Å². The van der Waals surface area contributed by atoms with E-state index in [4.69, 9.17) is 4.74 Å². The van der Waals surface area contributed by atoms with E-state index in [-0.39, 0.29) is 5.82 Å². The second kappa shape index (κ2) is 3.00. The van der Waals surface area contributed by atoms with Crippen molar-refractivity contribution in [3.63, 3.8) is 0 Å². The van der Waals surface area contributed by atoms with Crippen molar-refractivity contribution in [1.82, 2.24) is 0 Å². The molecule has 0 amide bonds. The summed E-state index contributed by atoms with van der Waals surface area (Å²) in [6.45, 7) is 2.12. The monoisotopic (exact) mass is 182 g/mol. The summed E-state index contributed by atoms with van der Waals surface area (Å²) in [4.78, 5) is 0. The van der Waals surface area contributed by atoms with Crippen LogP contribution in [0, 0.1) is 12.7 Å². The van der Waals surface area contributed by atoms with Crippen molar-refractivity contribution >= 4 is 0 Å². The zero-order valence-electron chi connectivity index (χ0n) is 7.38. The maximum atomic E-state index is 13.1. The molecule has 1 aromatic carbocycles. The maximum absolute atomic E-state index is 13.1. The van der Waals surface area contributed by atoms with E-state index in [1.165, 1.54) is 6.07 Å². The van der Waals surface area contributed by atoms with E-state index in [0.717, 1.165) is 0 Å². The summed E-state index contributed by atoms with van der Waals surface area (Å²) in [6, 6.07) is 2.95. The number of hydrogen-bond acceptors (Lipinski definition) is 2. The third-order valence-corrected chi connectivity index (χ3v) is 2.37. The summed E-state index contributed by atoms with van der Waals surface area (Å²) in [6.07, 6.45) is 0.0704. The molecule has 0 aliphatic carbocycles. The molecule has 0 radical (unpaired) electrons. The van der Waals surface area contributed by atoms with Gasteiger partial charge in [-0.3, -0.25) is 0 Å². The molecule has 0 saturated carbocycles. The van der Waals surface area contributed by atoms with Crippen LogP contribution >= 0.6 is 0 Å². The molecule has 1 aliphatic rings. The molecule has 0 unspecified atom stereocenters. The van der Waals surface area contributed by atoms with Gasteiger partial charge in [-0.05, 0) is 19.1 Å². The van der Waals surface area contributed by atoms with Gasteiger partial charge < -0.3 is 9.84 Å². The van der Waals surface area contributed by atoms with Crippen molar-refractivity contribution in [1.29, 1.82) is 0 Å². The van der Waals surface area contributed by atoms with Gasteiger partial charge in [-0.15, -0.1) is 0 Å². The highest BCUT2D eigenvalue weighted by atomic mass is 19.1. The topological polar surface area (TPSA) is 29.5 Å². The summed E-state index contributed by atoms with van der Waals surface area (Å²) in [5.41, 5.74) is 1.18. The molecule has 0 aromatic heterocycles. The van der Waals surface area contributed by atoms with E-state index in [1.807, 2.05) is 0 Å². The Labute approximate surface area is 76.0 Å². The predicted octanol–water partition coefficient (Wildman–Crippen LogP) is 1.95. The van der Waals surface area contributed by atoms with E-state index in [9.17, 15) is 9.50 Å². The molecule has 1 aliphatic heterocycles. The summed E-state index contributed by atoms with van der Waals surface area (Å²) >= 11 is 0. The van der Waals surface area contributed by atoms with Crippen LogP contribution in [0.1, 0.15) is 23.7 Å². The fraction of sp³-hybridized carbons (Fsp3) is 0.400. The van der Waals surface area contributed by atoms with Gasteiger partial charge in [-0.2, -0.15) is 0 Å². The summed E-state index contributed by atoms with van der Waals surface area (Å²) < 4.78 is 18.4. The highest BCUT2D eigenvalue weighted by molar-refractivity contribution is 5.43. The van der Waals surface area contributed by atoms with Crippen molar-refractivity contribution in [3.8, 4) is 5.75 Å². The maximum Gasteiger partial charge on any atom is 0.130 e. The lowest BCUT2D eigenvalue weighted by Gasteiger charge is -2.23. The van der Waals surface area contributed by atoms with Gasteiger partial charge in [0.25, 0.3) is 0 Å². The number of hydrogen-bond donors (Lipinski definition) is 1. The number of benzene rings is 1. The Bertz CT molecular complexity index is 336. The number of fused-ring (bicyclic) bond motifs is 1. The van der Waals surface area contributed by atoms with Crippen LogP contribution in [0.2, 0.25) is 0 Å². The molecule has 0 fully saturated rings. The number of aliphatic hydroxyl groups is 1. The molecular weight excluding hydrogens is 171 g/mol. The van der Waals surface area contributed by atoms with Gasteiger partial charge in [0.1, 0.15) is 11.6 Å². The zero-order chi connectivity index (χ0) is 9.42. The summed E-state index contributed by atoms with van der Waals surface area (Å²) in [7, 11) is 0. The Balaban J connectivity index is 2.56. The summed E-state index contributed by atoms with van der Waals surface area (Å²) in [5.74, 6) is 0.228. The van der Waals surface area contributed by atoms with Gasteiger partial charge in [0.2, 0.25) is 0 Å². The minimum atomic E-state index is -0.511. The smallest absolute Gasteiger partial charge is 0.130 e. The molecule has 2 rings (SSSR count). The SMILES string of the molecule is Cc1c(F)ccc2c1OCC[C@@H]2O. The number of rotatable bonds is 0. The highest BCUT2D eigenvalue weighted by Gasteiger charge is 2.21. The van der Waals surface area contributed by atoms with Gasteiger partial charge in [0.15, 0.2) is 0 Å². The fourth-order valence-electron chi connectivity index (χ4n) is 1.57. The average molecular weight is 182 g/mol. The first kappa shape index (κ1) is 8.51. The fourth-order valence-corrected chi connectivity index (χ4v) is 1.57. The van der Waals surface area contributed by atoms with Crippen LogP contribution in [0.3, 0.4) is 0 Å². The molecule has 0 bridgehead atoms. The molecule has 3 heteroatoms. The molecule has 2 nitrogen and oxygen atoms in total. The third-order valence-electron chi connectivity index (χ3n) is 2.37. The van der Waals surface area contributed by atoms with E-state index in [2.05, 4.69) is 0 Å². The number of halogens is 1. The molecule has 0 spiro atoms. The molecule has 70 valence electrons. The third kappa shape index (κ3) is 1.29. The normalized spacial score (nSPS) is 20.7. The summed E-state index contributed by atoms with van der Waals surface area (Å²) in [5, 5.41) is 9.57. The van der Waals surface area contributed by atoms with Crippen molar-refractivity contribution in [3.05, 3.63) is 29.1 Å². The van der Waals surface area contributed by atoms with Crippen molar-refractivity contribution in [2.75, 3.05) is 6.61 Å². The number of ether oxygens (including phenoxy) is 1. The van der Waals surface area contributed by atoms with Gasteiger partial charge in [-0.25, -0.2) is 4.39 Å². The van der Waals surface area contributed by atoms with Crippen LogP contribution in [0.5, 0.6) is 5.75 Å².